The molecule has 0 bridgehead atoms. The predicted molar refractivity (Wildman–Crippen MR) is 63.9 cm³/mol. The Kier molecular flexibility index (Phi) is 3.64. The number of nitrogens with two attached hydrogens (primary N) is 1. The lowest BCUT2D eigenvalue weighted by molar-refractivity contribution is -0.137. The molecule has 1 atom stereocenters. The second-order valence-electron chi connectivity index (χ2n) is 4.43. The van der Waals surface area contributed by atoms with Crippen LogP contribution in [0.15, 0.2) is 24.3 Å². The zero-order valence-electron chi connectivity index (χ0n) is 9.63. The van der Waals surface area contributed by atoms with Gasteiger partial charge in [-0.3, -0.25) is 4.79 Å². The van der Waals surface area contributed by atoms with E-state index >= 15 is 0 Å². The van der Waals surface area contributed by atoms with Crippen molar-refractivity contribution in [2.24, 2.45) is 5.73 Å². The molecule has 2 rings (SSSR count). The van der Waals surface area contributed by atoms with Gasteiger partial charge in [-0.2, -0.15) is 0 Å². The molecule has 1 aliphatic rings. The van der Waals surface area contributed by atoms with Crippen LogP contribution in [0, 0.1) is 0 Å². The minimum Gasteiger partial charge on any atom is -0.490 e. The summed E-state index contributed by atoms with van der Waals surface area (Å²) in [5.74, 6) is 0.0517. The van der Waals surface area contributed by atoms with Gasteiger partial charge in [0.2, 0.25) is 0 Å². The summed E-state index contributed by atoms with van der Waals surface area (Å²) in [7, 11) is 0. The number of aliphatic carboxylic acids is 1. The molecule has 0 aromatic heterocycles. The predicted octanol–water partition coefficient (Wildman–Crippen LogP) is 2.09. The lowest BCUT2D eigenvalue weighted by Gasteiger charge is -2.11. The Hall–Kier alpha value is -1.55. The second kappa shape index (κ2) is 5.19. The fraction of sp³-hybridized carbons (Fsp3) is 0.462. The van der Waals surface area contributed by atoms with E-state index in [2.05, 4.69) is 0 Å². The minimum absolute atomic E-state index is 0.0987. The van der Waals surface area contributed by atoms with Crippen LogP contribution < -0.4 is 10.5 Å². The molecule has 0 saturated heterocycles. The molecule has 17 heavy (non-hydrogen) atoms. The van der Waals surface area contributed by atoms with Crippen LogP contribution in [0.25, 0.3) is 0 Å². The molecule has 1 aliphatic carbocycles. The molecule has 0 aliphatic heterocycles. The molecule has 1 unspecified atom stereocenters. The van der Waals surface area contributed by atoms with Gasteiger partial charge in [-0.05, 0) is 37.0 Å². The molecule has 0 radical (unpaired) electrons. The molecule has 0 heterocycles. The van der Waals surface area contributed by atoms with Crippen LogP contribution in [0.5, 0.6) is 5.75 Å². The van der Waals surface area contributed by atoms with Crippen molar-refractivity contribution < 1.29 is 14.6 Å². The van der Waals surface area contributed by atoms with Gasteiger partial charge in [-0.15, -0.1) is 0 Å². The average molecular weight is 235 g/mol. The van der Waals surface area contributed by atoms with E-state index in [1.54, 1.807) is 0 Å². The molecule has 1 saturated carbocycles. The highest BCUT2D eigenvalue weighted by Crippen LogP contribution is 2.27. The fourth-order valence-electron chi connectivity index (χ4n) is 1.62. The summed E-state index contributed by atoms with van der Waals surface area (Å²) in [4.78, 5) is 10.4. The maximum absolute atomic E-state index is 10.4. The minimum atomic E-state index is -0.811. The average Bonchev–Trinajstić information content (AvgIpc) is 3.11. The van der Waals surface area contributed by atoms with Gasteiger partial charge in [-0.25, -0.2) is 0 Å². The van der Waals surface area contributed by atoms with Crippen LogP contribution >= 0.6 is 0 Å². The molecule has 0 spiro atoms. The van der Waals surface area contributed by atoms with Crippen molar-refractivity contribution in [3.63, 3.8) is 0 Å². The van der Waals surface area contributed by atoms with Crippen LogP contribution in [0.3, 0.4) is 0 Å². The normalized spacial score (nSPS) is 16.5. The summed E-state index contributed by atoms with van der Waals surface area (Å²) in [5, 5.41) is 8.58. The number of carboxylic acids is 1. The first-order valence-corrected chi connectivity index (χ1v) is 5.89. The van der Waals surface area contributed by atoms with Crippen LogP contribution in [-0.2, 0) is 4.79 Å². The van der Waals surface area contributed by atoms with Crippen molar-refractivity contribution in [1.29, 1.82) is 0 Å². The highest BCUT2D eigenvalue weighted by atomic mass is 16.5. The molecule has 92 valence electrons. The van der Waals surface area contributed by atoms with E-state index in [-0.39, 0.29) is 12.5 Å². The SMILES string of the molecule is NC(CCC(=O)O)c1ccc(OC2CC2)cc1. The smallest absolute Gasteiger partial charge is 0.303 e. The highest BCUT2D eigenvalue weighted by molar-refractivity contribution is 5.66. The van der Waals surface area contributed by atoms with E-state index in [1.807, 2.05) is 24.3 Å². The van der Waals surface area contributed by atoms with Gasteiger partial charge < -0.3 is 15.6 Å². The van der Waals surface area contributed by atoms with Gasteiger partial charge in [0.05, 0.1) is 6.10 Å². The molecule has 0 amide bonds. The van der Waals surface area contributed by atoms with Crippen LogP contribution in [0.1, 0.15) is 37.3 Å². The van der Waals surface area contributed by atoms with Crippen molar-refractivity contribution >= 4 is 5.97 Å². The Morgan fingerprint density at radius 2 is 2.06 bits per heavy atom. The molecule has 4 nitrogen and oxygen atoms in total. The van der Waals surface area contributed by atoms with Crippen molar-refractivity contribution in [1.82, 2.24) is 0 Å². The van der Waals surface area contributed by atoms with Crippen molar-refractivity contribution in [3.05, 3.63) is 29.8 Å². The van der Waals surface area contributed by atoms with Gasteiger partial charge >= 0.3 is 5.97 Å². The van der Waals surface area contributed by atoms with Gasteiger partial charge in [0.25, 0.3) is 0 Å². The van der Waals surface area contributed by atoms with Crippen molar-refractivity contribution in [2.45, 2.75) is 37.8 Å². The van der Waals surface area contributed by atoms with Crippen LogP contribution in [-0.4, -0.2) is 17.2 Å². The number of rotatable bonds is 6. The van der Waals surface area contributed by atoms with Crippen LogP contribution in [0.4, 0.5) is 0 Å². The monoisotopic (exact) mass is 235 g/mol. The Morgan fingerprint density at radius 3 is 2.59 bits per heavy atom. The molecule has 4 heteroatoms. The van der Waals surface area contributed by atoms with E-state index < -0.39 is 5.97 Å². The number of carboxylic acid groups (broad SMARTS) is 1. The van der Waals surface area contributed by atoms with E-state index in [4.69, 9.17) is 15.6 Å². The quantitative estimate of drug-likeness (QED) is 0.792. The number of benzene rings is 1. The Morgan fingerprint density at radius 1 is 1.41 bits per heavy atom. The van der Waals surface area contributed by atoms with E-state index in [9.17, 15) is 4.79 Å². The summed E-state index contributed by atoms with van der Waals surface area (Å²) in [5.41, 5.74) is 6.86. The molecule has 1 aromatic carbocycles. The van der Waals surface area contributed by atoms with Gasteiger partial charge in [0.1, 0.15) is 5.75 Å². The van der Waals surface area contributed by atoms with Crippen LogP contribution in [0.2, 0.25) is 0 Å². The third-order valence-corrected chi connectivity index (χ3v) is 2.80. The largest absolute Gasteiger partial charge is 0.490 e. The number of ether oxygens (including phenoxy) is 1. The third kappa shape index (κ3) is 3.75. The van der Waals surface area contributed by atoms with Gasteiger partial charge in [-0.1, -0.05) is 12.1 Å². The summed E-state index contributed by atoms with van der Waals surface area (Å²) < 4.78 is 5.62. The Bertz CT molecular complexity index is 384. The summed E-state index contributed by atoms with van der Waals surface area (Å²) in [6.45, 7) is 0. The van der Waals surface area contributed by atoms with Crippen molar-refractivity contribution in [2.75, 3.05) is 0 Å². The Labute approximate surface area is 100 Å². The number of hydrogen-bond acceptors (Lipinski definition) is 3. The lowest BCUT2D eigenvalue weighted by atomic mass is 10.0. The maximum atomic E-state index is 10.4. The molecular weight excluding hydrogens is 218 g/mol. The first kappa shape index (κ1) is 11.9. The summed E-state index contributed by atoms with van der Waals surface area (Å²) >= 11 is 0. The molecule has 1 aromatic rings. The zero-order valence-corrected chi connectivity index (χ0v) is 9.63. The number of hydrogen-bond donors (Lipinski definition) is 2. The standard InChI is InChI=1S/C13H17NO3/c14-12(7-8-13(15)16)9-1-3-10(4-2-9)17-11-5-6-11/h1-4,11-12H,5-8,14H2,(H,15,16). The maximum Gasteiger partial charge on any atom is 0.303 e. The first-order valence-electron chi connectivity index (χ1n) is 5.89. The second-order valence-corrected chi connectivity index (χ2v) is 4.43. The number of carbonyl (C=O) groups is 1. The highest BCUT2D eigenvalue weighted by Gasteiger charge is 2.23. The molecule has 1 fully saturated rings. The van der Waals surface area contributed by atoms with Gasteiger partial charge in [0.15, 0.2) is 0 Å². The summed E-state index contributed by atoms with van der Waals surface area (Å²) in [6.07, 6.45) is 3.22. The van der Waals surface area contributed by atoms with E-state index in [0.717, 1.165) is 24.2 Å². The third-order valence-electron chi connectivity index (χ3n) is 2.80. The topological polar surface area (TPSA) is 72.6 Å². The fourth-order valence-corrected chi connectivity index (χ4v) is 1.62. The van der Waals surface area contributed by atoms with E-state index in [0.29, 0.717) is 12.5 Å². The Balaban J connectivity index is 1.89. The van der Waals surface area contributed by atoms with Gasteiger partial charge in [0, 0.05) is 12.5 Å². The lowest BCUT2D eigenvalue weighted by Crippen LogP contribution is -2.12. The molecule has 3 N–H and O–H groups in total. The first-order chi connectivity index (χ1) is 8.15. The molecular formula is C13H17NO3. The summed E-state index contributed by atoms with van der Waals surface area (Å²) in [6, 6.07) is 7.39. The van der Waals surface area contributed by atoms with Crippen molar-refractivity contribution in [3.8, 4) is 5.75 Å². The zero-order chi connectivity index (χ0) is 12.3. The van der Waals surface area contributed by atoms with E-state index in [1.165, 1.54) is 0 Å².